The van der Waals surface area contributed by atoms with E-state index in [4.69, 9.17) is 16.3 Å². The molecule has 1 atom stereocenters. The number of rotatable bonds is 6. The second-order valence-electron chi connectivity index (χ2n) is 11.4. The molecule has 0 unspecified atom stereocenters. The summed E-state index contributed by atoms with van der Waals surface area (Å²) < 4.78 is 19.1. The highest BCUT2D eigenvalue weighted by Crippen LogP contribution is 2.40. The van der Waals surface area contributed by atoms with E-state index < -0.39 is 7.14 Å². The average molecular weight is 582 g/mol. The number of piperidine rings is 1. The number of nitrogens with one attached hydrogen (secondary N) is 2. The maximum absolute atomic E-state index is 12.8. The van der Waals surface area contributed by atoms with Crippen LogP contribution < -0.4 is 25.6 Å². The monoisotopic (exact) mass is 581 g/mol. The maximum Gasteiger partial charge on any atom is 0.229 e. The molecule has 212 valence electrons. The number of para-hydroxylation sites is 1. The van der Waals surface area contributed by atoms with E-state index in [1.54, 1.807) is 19.5 Å². The highest BCUT2D eigenvalue weighted by Gasteiger charge is 2.36. The first-order chi connectivity index (χ1) is 19.2. The fraction of sp³-hybridized carbons (Fsp3) is 0.448. The molecule has 9 nitrogen and oxygen atoms in total. The highest BCUT2D eigenvalue weighted by atomic mass is 35.5. The Morgan fingerprint density at radius 3 is 2.62 bits per heavy atom. The number of ether oxygens (including phenoxy) is 1. The molecule has 40 heavy (non-hydrogen) atoms. The van der Waals surface area contributed by atoms with Gasteiger partial charge in [-0.25, -0.2) is 4.98 Å². The van der Waals surface area contributed by atoms with Crippen LogP contribution in [-0.2, 0) is 4.57 Å². The van der Waals surface area contributed by atoms with Gasteiger partial charge in [-0.05, 0) is 70.6 Å². The molecule has 6 rings (SSSR count). The second kappa shape index (κ2) is 11.2. The molecule has 2 saturated heterocycles. The van der Waals surface area contributed by atoms with E-state index in [1.165, 1.54) is 25.9 Å². The first-order valence-corrected chi connectivity index (χ1v) is 16.9. The third-order valence-electron chi connectivity index (χ3n) is 8.16. The van der Waals surface area contributed by atoms with Crippen LogP contribution in [0.4, 0.5) is 28.8 Å². The van der Waals surface area contributed by atoms with E-state index >= 15 is 0 Å². The van der Waals surface area contributed by atoms with E-state index in [0.717, 1.165) is 47.8 Å². The predicted molar refractivity (Wildman–Crippen MR) is 164 cm³/mol. The van der Waals surface area contributed by atoms with Crippen molar-refractivity contribution < 1.29 is 9.30 Å². The van der Waals surface area contributed by atoms with Gasteiger partial charge in [-0.2, -0.15) is 4.98 Å². The van der Waals surface area contributed by atoms with Gasteiger partial charge in [0.2, 0.25) is 5.95 Å². The number of aromatic nitrogens is 2. The summed E-state index contributed by atoms with van der Waals surface area (Å²) in [5.74, 6) is 1.72. The molecule has 11 heteroatoms. The van der Waals surface area contributed by atoms with E-state index in [-0.39, 0.29) is 0 Å². The summed E-state index contributed by atoms with van der Waals surface area (Å²) in [6.45, 7) is 9.71. The molecule has 2 N–H and O–H groups in total. The first-order valence-electron chi connectivity index (χ1n) is 13.9. The SMILES string of the molecule is CN1CCC(N2CCN3c4ccc(Nc5ncc(Cl)c(Nc6ccccc6P(C)(C)=O)n5)cc4OC[C@@H]3C2)CC1. The Kier molecular flexibility index (Phi) is 7.66. The van der Waals surface area contributed by atoms with Crippen LogP contribution in [0.2, 0.25) is 5.02 Å². The van der Waals surface area contributed by atoms with Crippen LogP contribution in [0, 0.1) is 0 Å². The number of fused-ring (bicyclic) bond motifs is 3. The first kappa shape index (κ1) is 27.3. The van der Waals surface area contributed by atoms with Crippen molar-refractivity contribution in [2.24, 2.45) is 0 Å². The van der Waals surface area contributed by atoms with Crippen molar-refractivity contribution in [1.29, 1.82) is 0 Å². The molecular weight excluding hydrogens is 545 g/mol. The zero-order chi connectivity index (χ0) is 27.9. The molecule has 3 aliphatic heterocycles. The van der Waals surface area contributed by atoms with Gasteiger partial charge < -0.3 is 29.7 Å². The van der Waals surface area contributed by atoms with Crippen LogP contribution in [0.3, 0.4) is 0 Å². The Bertz CT molecular complexity index is 1430. The van der Waals surface area contributed by atoms with Crippen LogP contribution in [-0.4, -0.2) is 91.6 Å². The third-order valence-corrected chi connectivity index (χ3v) is 9.98. The van der Waals surface area contributed by atoms with Gasteiger partial charge in [-0.3, -0.25) is 4.90 Å². The molecule has 0 spiro atoms. The van der Waals surface area contributed by atoms with Gasteiger partial charge in [0.05, 0.1) is 23.6 Å². The number of piperazine rings is 1. The van der Waals surface area contributed by atoms with Gasteiger partial charge in [0, 0.05) is 42.7 Å². The number of nitrogens with zero attached hydrogens (tertiary/aromatic N) is 5. The minimum absolute atomic E-state index is 0.373. The number of likely N-dealkylation sites (tertiary alicyclic amines) is 1. The summed E-state index contributed by atoms with van der Waals surface area (Å²) >= 11 is 6.43. The van der Waals surface area contributed by atoms with Gasteiger partial charge in [0.1, 0.15) is 24.5 Å². The van der Waals surface area contributed by atoms with E-state index in [9.17, 15) is 4.57 Å². The average Bonchev–Trinajstić information content (AvgIpc) is 2.94. The largest absolute Gasteiger partial charge is 0.489 e. The molecule has 1 aromatic heterocycles. The molecule has 0 aliphatic carbocycles. The van der Waals surface area contributed by atoms with E-state index in [1.807, 2.05) is 36.4 Å². The van der Waals surface area contributed by atoms with Crippen molar-refractivity contribution in [2.45, 2.75) is 24.9 Å². The number of benzene rings is 2. The maximum atomic E-state index is 12.8. The molecule has 2 aromatic carbocycles. The second-order valence-corrected chi connectivity index (χ2v) is 15.0. The van der Waals surface area contributed by atoms with Gasteiger partial charge in [-0.15, -0.1) is 0 Å². The van der Waals surface area contributed by atoms with E-state index in [2.05, 4.69) is 48.4 Å². The van der Waals surface area contributed by atoms with Gasteiger partial charge >= 0.3 is 0 Å². The van der Waals surface area contributed by atoms with Gasteiger partial charge in [0.15, 0.2) is 5.82 Å². The summed E-state index contributed by atoms with van der Waals surface area (Å²) in [7, 11) is -0.278. The standard InChI is InChI=1S/C29H37ClN7O2P/c1-35-12-10-21(11-13-35)36-14-15-37-22(18-36)19-39-26-16-20(8-9-25(26)37)32-29-31-17-23(30)28(34-29)33-24-6-4-5-7-27(24)40(2,3)38/h4-9,16-17,21-22H,10-15,18-19H2,1-3H3,(H2,31,32,33,34)/t22-/m0/s1. The Labute approximate surface area is 241 Å². The number of anilines is 5. The summed E-state index contributed by atoms with van der Waals surface area (Å²) in [5, 5.41) is 7.67. The molecule has 4 heterocycles. The molecule has 3 aliphatic rings. The zero-order valence-corrected chi connectivity index (χ0v) is 25.0. The predicted octanol–water partition coefficient (Wildman–Crippen LogP) is 4.84. The highest BCUT2D eigenvalue weighted by molar-refractivity contribution is 7.70. The van der Waals surface area contributed by atoms with Crippen LogP contribution in [0.1, 0.15) is 12.8 Å². The van der Waals surface area contributed by atoms with Gasteiger partial charge in [-0.1, -0.05) is 23.7 Å². The van der Waals surface area contributed by atoms with Gasteiger partial charge in [0.25, 0.3) is 0 Å². The van der Waals surface area contributed by atoms with Crippen molar-refractivity contribution in [3.8, 4) is 5.75 Å². The van der Waals surface area contributed by atoms with Crippen molar-refractivity contribution in [2.75, 3.05) is 75.2 Å². The molecule has 0 bridgehead atoms. The summed E-state index contributed by atoms with van der Waals surface area (Å²) in [6.07, 6.45) is 4.07. The third kappa shape index (κ3) is 5.79. The van der Waals surface area contributed by atoms with E-state index in [0.29, 0.717) is 35.5 Å². The normalized spacial score (nSPS) is 20.4. The van der Waals surface area contributed by atoms with Crippen LogP contribution in [0.15, 0.2) is 48.7 Å². The molecule has 2 fully saturated rings. The molecule has 0 amide bonds. The molecule has 0 radical (unpaired) electrons. The minimum atomic E-state index is -2.50. The van der Waals surface area contributed by atoms with Crippen molar-refractivity contribution in [3.05, 3.63) is 53.7 Å². The van der Waals surface area contributed by atoms with Crippen LogP contribution in [0.25, 0.3) is 0 Å². The summed E-state index contributed by atoms with van der Waals surface area (Å²) in [6, 6.07) is 14.8. The molecule has 3 aromatic rings. The lowest BCUT2D eigenvalue weighted by Crippen LogP contribution is -2.60. The Morgan fingerprint density at radius 2 is 1.82 bits per heavy atom. The number of hydrogen-bond acceptors (Lipinski definition) is 9. The lowest BCUT2D eigenvalue weighted by atomic mass is 10.00. The summed E-state index contributed by atoms with van der Waals surface area (Å²) in [5.41, 5.74) is 2.70. The van der Waals surface area contributed by atoms with Crippen molar-refractivity contribution >= 4 is 52.9 Å². The van der Waals surface area contributed by atoms with Crippen LogP contribution in [0.5, 0.6) is 5.75 Å². The minimum Gasteiger partial charge on any atom is -0.489 e. The van der Waals surface area contributed by atoms with Crippen molar-refractivity contribution in [3.63, 3.8) is 0 Å². The fourth-order valence-corrected chi connectivity index (χ4v) is 7.28. The Hall–Kier alpha value is -2.84. The Morgan fingerprint density at radius 1 is 1.02 bits per heavy atom. The zero-order valence-electron chi connectivity index (χ0n) is 23.3. The van der Waals surface area contributed by atoms with Crippen LogP contribution >= 0.6 is 18.7 Å². The topological polar surface area (TPSA) is 85.9 Å². The molecular formula is C29H37ClN7O2P. The lowest BCUT2D eigenvalue weighted by molar-refractivity contribution is 0.0868. The number of hydrogen-bond donors (Lipinski definition) is 2. The number of halogens is 1. The smallest absolute Gasteiger partial charge is 0.229 e. The quantitative estimate of drug-likeness (QED) is 0.397. The Balaban J connectivity index is 1.15. The fourth-order valence-electron chi connectivity index (χ4n) is 5.98. The molecule has 0 saturated carbocycles. The lowest BCUT2D eigenvalue weighted by Gasteiger charge is -2.48. The van der Waals surface area contributed by atoms with Crippen molar-refractivity contribution in [1.82, 2.24) is 19.8 Å². The summed E-state index contributed by atoms with van der Waals surface area (Å²) in [4.78, 5) is 16.6.